The van der Waals surface area contributed by atoms with E-state index in [0.717, 1.165) is 30.5 Å². The van der Waals surface area contributed by atoms with Crippen LogP contribution in [0.5, 0.6) is 0 Å². The van der Waals surface area contributed by atoms with Crippen molar-refractivity contribution in [1.82, 2.24) is 19.7 Å². The number of nitrogens with two attached hydrogens (primary N) is 1. The average molecular weight is 251 g/mol. The number of nitrogen functional groups attached to an aromatic ring is 1. The van der Waals surface area contributed by atoms with Crippen LogP contribution < -0.4 is 5.73 Å². The second-order valence-corrected chi connectivity index (χ2v) is 4.66. The molecule has 0 saturated carbocycles. The first-order valence-corrected chi connectivity index (χ1v) is 6.68. The minimum atomic E-state index is -0.0171. The molecule has 1 saturated heterocycles. The van der Waals surface area contributed by atoms with E-state index in [1.54, 1.807) is 10.9 Å². The van der Waals surface area contributed by atoms with Crippen molar-refractivity contribution in [2.75, 3.05) is 18.6 Å². The van der Waals surface area contributed by atoms with E-state index in [0.29, 0.717) is 11.0 Å². The van der Waals surface area contributed by atoms with Gasteiger partial charge in [-0.25, -0.2) is 14.6 Å². The van der Waals surface area contributed by atoms with Crippen molar-refractivity contribution in [3.8, 4) is 0 Å². The summed E-state index contributed by atoms with van der Waals surface area (Å²) in [4.78, 5) is 8.65. The molecule has 2 aromatic heterocycles. The van der Waals surface area contributed by atoms with Crippen molar-refractivity contribution in [1.29, 1.82) is 0 Å². The van der Waals surface area contributed by atoms with Crippen LogP contribution in [0.4, 0.5) is 5.82 Å². The van der Waals surface area contributed by atoms with Gasteiger partial charge in [0.1, 0.15) is 5.82 Å². The molecule has 17 heavy (non-hydrogen) atoms. The summed E-state index contributed by atoms with van der Waals surface area (Å²) in [7, 11) is 0. The number of ether oxygens (including phenoxy) is 1. The summed E-state index contributed by atoms with van der Waals surface area (Å²) in [6, 6.07) is 0. The Morgan fingerprint density at radius 3 is 3.12 bits per heavy atom. The number of anilines is 1. The molecule has 0 radical (unpaired) electrons. The first-order valence-electron chi connectivity index (χ1n) is 5.46. The molecule has 0 aliphatic carbocycles. The van der Waals surface area contributed by atoms with E-state index in [1.165, 1.54) is 11.8 Å². The predicted octanol–water partition coefficient (Wildman–Crippen LogP) is 1.44. The topological polar surface area (TPSA) is 78.8 Å². The summed E-state index contributed by atoms with van der Waals surface area (Å²) < 4.78 is 7.42. The van der Waals surface area contributed by atoms with Crippen LogP contribution in [0.1, 0.15) is 19.1 Å². The highest BCUT2D eigenvalue weighted by Gasteiger charge is 2.22. The van der Waals surface area contributed by atoms with E-state index in [2.05, 4.69) is 15.1 Å². The van der Waals surface area contributed by atoms with Gasteiger partial charge in [0.2, 0.25) is 0 Å². The molecule has 7 heteroatoms. The Labute approximate surface area is 103 Å². The third-order valence-electron chi connectivity index (χ3n) is 2.82. The number of thioether (sulfide) groups is 1. The van der Waals surface area contributed by atoms with Gasteiger partial charge < -0.3 is 10.5 Å². The van der Waals surface area contributed by atoms with Gasteiger partial charge in [-0.05, 0) is 19.1 Å². The average Bonchev–Trinajstić information content (AvgIpc) is 2.96. The number of rotatable bonds is 2. The Balaban J connectivity index is 2.15. The van der Waals surface area contributed by atoms with Gasteiger partial charge in [0.25, 0.3) is 0 Å². The van der Waals surface area contributed by atoms with Crippen LogP contribution >= 0.6 is 11.8 Å². The van der Waals surface area contributed by atoms with Crippen LogP contribution in [-0.4, -0.2) is 32.6 Å². The lowest BCUT2D eigenvalue weighted by atomic mass is 10.3. The molecular weight excluding hydrogens is 238 g/mol. The van der Waals surface area contributed by atoms with Gasteiger partial charge in [0.15, 0.2) is 17.0 Å². The fourth-order valence-corrected chi connectivity index (χ4v) is 2.35. The molecular formula is C10H13N5OS. The molecule has 2 N–H and O–H groups in total. The minimum absolute atomic E-state index is 0.0171. The van der Waals surface area contributed by atoms with Crippen LogP contribution in [-0.2, 0) is 4.74 Å². The van der Waals surface area contributed by atoms with Crippen molar-refractivity contribution in [3.63, 3.8) is 0 Å². The molecule has 2 aromatic rings. The van der Waals surface area contributed by atoms with E-state index < -0.39 is 0 Å². The van der Waals surface area contributed by atoms with E-state index in [9.17, 15) is 0 Å². The zero-order valence-electron chi connectivity index (χ0n) is 9.46. The molecule has 1 unspecified atom stereocenters. The van der Waals surface area contributed by atoms with Gasteiger partial charge in [0.05, 0.1) is 11.6 Å². The van der Waals surface area contributed by atoms with E-state index in [-0.39, 0.29) is 6.23 Å². The van der Waals surface area contributed by atoms with Crippen LogP contribution in [0.15, 0.2) is 11.4 Å². The minimum Gasteiger partial charge on any atom is -0.383 e. The number of hydrogen-bond acceptors (Lipinski definition) is 6. The fraction of sp³-hybridized carbons (Fsp3) is 0.500. The molecule has 90 valence electrons. The normalized spacial score (nSPS) is 20.2. The Hall–Kier alpha value is -1.34. The summed E-state index contributed by atoms with van der Waals surface area (Å²) >= 11 is 1.47. The summed E-state index contributed by atoms with van der Waals surface area (Å²) in [5.74, 6) is 0.476. The first kappa shape index (κ1) is 10.8. The number of aromatic nitrogens is 4. The number of nitrogens with zero attached hydrogens (tertiary/aromatic N) is 4. The third kappa shape index (κ3) is 1.75. The second-order valence-electron chi connectivity index (χ2n) is 3.89. The van der Waals surface area contributed by atoms with Crippen molar-refractivity contribution >= 4 is 28.6 Å². The smallest absolute Gasteiger partial charge is 0.191 e. The SMILES string of the molecule is CSc1nc(N)c2cnn(C3CCCO3)c2n1. The highest BCUT2D eigenvalue weighted by atomic mass is 32.2. The number of fused-ring (bicyclic) bond motifs is 1. The summed E-state index contributed by atoms with van der Waals surface area (Å²) in [5.41, 5.74) is 6.64. The van der Waals surface area contributed by atoms with Gasteiger partial charge in [0, 0.05) is 6.61 Å². The third-order valence-corrected chi connectivity index (χ3v) is 3.37. The molecule has 1 fully saturated rings. The van der Waals surface area contributed by atoms with Gasteiger partial charge in [-0.15, -0.1) is 0 Å². The monoisotopic (exact) mass is 251 g/mol. The Kier molecular flexibility index (Phi) is 2.64. The van der Waals surface area contributed by atoms with E-state index in [4.69, 9.17) is 10.5 Å². The highest BCUT2D eigenvalue weighted by Crippen LogP contribution is 2.28. The largest absolute Gasteiger partial charge is 0.383 e. The quantitative estimate of drug-likeness (QED) is 0.642. The molecule has 1 aliphatic heterocycles. The summed E-state index contributed by atoms with van der Waals surface area (Å²) in [5, 5.41) is 5.77. The van der Waals surface area contributed by atoms with Crippen molar-refractivity contribution in [2.45, 2.75) is 24.2 Å². The molecule has 1 aliphatic rings. The van der Waals surface area contributed by atoms with Gasteiger partial charge in [-0.3, -0.25) is 0 Å². The Bertz CT molecular complexity index is 549. The Morgan fingerprint density at radius 2 is 2.41 bits per heavy atom. The standard InChI is InChI=1S/C10H13N5OS/c1-17-10-13-8(11)6-5-12-15(9(6)14-10)7-3-2-4-16-7/h5,7H,2-4H2,1H3,(H2,11,13,14). The second kappa shape index (κ2) is 4.15. The molecule has 0 aromatic carbocycles. The maximum atomic E-state index is 5.89. The lowest BCUT2D eigenvalue weighted by molar-refractivity contribution is 0.0498. The Morgan fingerprint density at radius 1 is 1.53 bits per heavy atom. The lowest BCUT2D eigenvalue weighted by Crippen LogP contribution is -2.10. The molecule has 0 bridgehead atoms. The van der Waals surface area contributed by atoms with Crippen molar-refractivity contribution in [3.05, 3.63) is 6.20 Å². The van der Waals surface area contributed by atoms with Gasteiger partial charge in [-0.2, -0.15) is 5.10 Å². The highest BCUT2D eigenvalue weighted by molar-refractivity contribution is 7.98. The van der Waals surface area contributed by atoms with Gasteiger partial charge >= 0.3 is 0 Å². The molecule has 3 rings (SSSR count). The summed E-state index contributed by atoms with van der Waals surface area (Å²) in [6.07, 6.45) is 5.64. The van der Waals surface area contributed by atoms with Crippen LogP contribution in [0.25, 0.3) is 11.0 Å². The van der Waals surface area contributed by atoms with Crippen LogP contribution in [0.2, 0.25) is 0 Å². The maximum Gasteiger partial charge on any atom is 0.191 e. The van der Waals surface area contributed by atoms with Gasteiger partial charge in [-0.1, -0.05) is 11.8 Å². The maximum absolute atomic E-state index is 5.89. The zero-order chi connectivity index (χ0) is 11.8. The van der Waals surface area contributed by atoms with Crippen molar-refractivity contribution in [2.24, 2.45) is 0 Å². The predicted molar refractivity (Wildman–Crippen MR) is 65.7 cm³/mol. The molecule has 6 nitrogen and oxygen atoms in total. The molecule has 0 spiro atoms. The summed E-state index contributed by atoms with van der Waals surface area (Å²) in [6.45, 7) is 0.780. The van der Waals surface area contributed by atoms with Crippen molar-refractivity contribution < 1.29 is 4.74 Å². The van der Waals surface area contributed by atoms with E-state index >= 15 is 0 Å². The molecule has 0 amide bonds. The molecule has 3 heterocycles. The van der Waals surface area contributed by atoms with Crippen LogP contribution in [0.3, 0.4) is 0 Å². The zero-order valence-corrected chi connectivity index (χ0v) is 10.3. The molecule has 1 atom stereocenters. The van der Waals surface area contributed by atoms with Crippen LogP contribution in [0, 0.1) is 0 Å². The number of hydrogen-bond donors (Lipinski definition) is 1. The lowest BCUT2D eigenvalue weighted by Gasteiger charge is -2.10. The fourth-order valence-electron chi connectivity index (χ4n) is 1.98. The van der Waals surface area contributed by atoms with E-state index in [1.807, 2.05) is 6.26 Å². The first-order chi connectivity index (χ1) is 8.29.